The first-order chi connectivity index (χ1) is 8.53. The zero-order valence-electron chi connectivity index (χ0n) is 14.7. The molecule has 0 aliphatic rings. The Kier molecular flexibility index (Phi) is 7.69. The van der Waals surface area contributed by atoms with Crippen LogP contribution in [0.25, 0.3) is 0 Å². The third-order valence-corrected chi connectivity index (χ3v) is 3.22. The Hall–Kier alpha value is -0.530. The lowest BCUT2D eigenvalue weighted by Crippen LogP contribution is -2.41. The fraction of sp³-hybridized carbons (Fsp3) is 0.941. The zero-order valence-corrected chi connectivity index (χ0v) is 14.7. The molecule has 0 N–H and O–H groups in total. The first kappa shape index (κ1) is 18.5. The second-order valence-corrected chi connectivity index (χ2v) is 7.82. The number of rotatable bonds is 7. The molecule has 0 radical (unpaired) electrons. The van der Waals surface area contributed by atoms with Crippen LogP contribution in [0, 0.1) is 11.8 Å². The average molecular weight is 268 g/mol. The molecule has 2 heteroatoms. The SMILES string of the molecule is CC(C)CC(C)N(/C=N/C(C)(C)C)C(C)CC(C)C. The summed E-state index contributed by atoms with van der Waals surface area (Å²) in [5.74, 6) is 1.46. The molecule has 0 fully saturated rings. The predicted octanol–water partition coefficient (Wildman–Crippen LogP) is 4.98. The minimum absolute atomic E-state index is 0.00729. The van der Waals surface area contributed by atoms with Crippen LogP contribution < -0.4 is 0 Å². The molecule has 0 spiro atoms. The molecule has 0 heterocycles. The van der Waals surface area contributed by atoms with Gasteiger partial charge in [0.05, 0.1) is 11.9 Å². The van der Waals surface area contributed by atoms with Crippen molar-refractivity contribution >= 4 is 6.34 Å². The molecule has 2 atom stereocenters. The normalized spacial score (nSPS) is 16.4. The number of hydrogen-bond donors (Lipinski definition) is 0. The van der Waals surface area contributed by atoms with E-state index in [-0.39, 0.29) is 5.54 Å². The standard InChI is InChI=1S/C17H36N2/c1-13(2)10-15(5)19(12-18-17(7,8)9)16(6)11-14(3)4/h12-16H,10-11H2,1-9H3/b18-12+. The van der Waals surface area contributed by atoms with Crippen molar-refractivity contribution in [2.24, 2.45) is 16.8 Å². The van der Waals surface area contributed by atoms with Crippen LogP contribution in [0.4, 0.5) is 0 Å². The molecule has 0 aliphatic heterocycles. The van der Waals surface area contributed by atoms with Crippen LogP contribution in [0.1, 0.15) is 75.2 Å². The van der Waals surface area contributed by atoms with Gasteiger partial charge >= 0.3 is 0 Å². The van der Waals surface area contributed by atoms with Crippen LogP contribution in [0.15, 0.2) is 4.99 Å². The Morgan fingerprint density at radius 2 is 1.21 bits per heavy atom. The molecule has 0 rings (SSSR count). The Morgan fingerprint density at radius 1 is 0.842 bits per heavy atom. The molecule has 2 unspecified atom stereocenters. The first-order valence-electron chi connectivity index (χ1n) is 7.85. The van der Waals surface area contributed by atoms with Crippen molar-refractivity contribution in [3.05, 3.63) is 0 Å². The summed E-state index contributed by atoms with van der Waals surface area (Å²) in [6.45, 7) is 20.3. The van der Waals surface area contributed by atoms with E-state index in [1.165, 1.54) is 12.8 Å². The van der Waals surface area contributed by atoms with Crippen LogP contribution >= 0.6 is 0 Å². The van der Waals surface area contributed by atoms with Gasteiger partial charge in [-0.05, 0) is 59.3 Å². The van der Waals surface area contributed by atoms with Crippen LogP contribution in [-0.4, -0.2) is 28.9 Å². The molecule has 0 aromatic heterocycles. The molecule has 19 heavy (non-hydrogen) atoms. The number of hydrogen-bond acceptors (Lipinski definition) is 1. The van der Waals surface area contributed by atoms with Gasteiger partial charge in [-0.25, -0.2) is 0 Å². The molecule has 0 saturated heterocycles. The molecular formula is C17H36N2. The highest BCUT2D eigenvalue weighted by Crippen LogP contribution is 2.18. The van der Waals surface area contributed by atoms with Gasteiger partial charge in [-0.3, -0.25) is 4.99 Å². The van der Waals surface area contributed by atoms with E-state index in [1.807, 2.05) is 0 Å². The summed E-state index contributed by atoms with van der Waals surface area (Å²) >= 11 is 0. The van der Waals surface area contributed by atoms with E-state index in [1.54, 1.807) is 0 Å². The lowest BCUT2D eigenvalue weighted by Gasteiger charge is -2.35. The second-order valence-electron chi connectivity index (χ2n) is 7.82. The van der Waals surface area contributed by atoms with Gasteiger partial charge in [0, 0.05) is 12.1 Å². The molecule has 0 aromatic carbocycles. The zero-order chi connectivity index (χ0) is 15.2. The van der Waals surface area contributed by atoms with Crippen molar-refractivity contribution in [3.8, 4) is 0 Å². The van der Waals surface area contributed by atoms with Crippen LogP contribution in [0.5, 0.6) is 0 Å². The summed E-state index contributed by atoms with van der Waals surface area (Å²) in [5, 5.41) is 0. The molecular weight excluding hydrogens is 232 g/mol. The summed E-state index contributed by atoms with van der Waals surface area (Å²) < 4.78 is 0. The minimum Gasteiger partial charge on any atom is -0.358 e. The lowest BCUT2D eigenvalue weighted by molar-refractivity contribution is 0.217. The first-order valence-corrected chi connectivity index (χ1v) is 7.85. The van der Waals surface area contributed by atoms with Gasteiger partial charge in [0.2, 0.25) is 0 Å². The topological polar surface area (TPSA) is 15.6 Å². The van der Waals surface area contributed by atoms with Crippen LogP contribution in [0.3, 0.4) is 0 Å². The number of aliphatic imine (C=N–C) groups is 1. The molecule has 0 saturated carbocycles. The molecule has 0 bridgehead atoms. The number of nitrogens with zero attached hydrogens (tertiary/aromatic N) is 2. The third-order valence-electron chi connectivity index (χ3n) is 3.22. The van der Waals surface area contributed by atoms with E-state index in [2.05, 4.69) is 73.6 Å². The summed E-state index contributed by atoms with van der Waals surface area (Å²) in [5.41, 5.74) is 0.00729. The molecule has 0 aliphatic carbocycles. The van der Waals surface area contributed by atoms with E-state index in [0.29, 0.717) is 12.1 Å². The maximum absolute atomic E-state index is 4.71. The smallest absolute Gasteiger partial charge is 0.0861 e. The van der Waals surface area contributed by atoms with Crippen molar-refractivity contribution in [1.82, 2.24) is 4.90 Å². The Labute approximate surface area is 121 Å². The van der Waals surface area contributed by atoms with E-state index in [4.69, 9.17) is 4.99 Å². The monoisotopic (exact) mass is 268 g/mol. The Morgan fingerprint density at radius 3 is 1.47 bits per heavy atom. The lowest BCUT2D eigenvalue weighted by atomic mass is 9.99. The minimum atomic E-state index is 0.00729. The van der Waals surface area contributed by atoms with Crippen molar-refractivity contribution in [2.45, 2.75) is 92.8 Å². The van der Waals surface area contributed by atoms with Gasteiger partial charge in [-0.2, -0.15) is 0 Å². The fourth-order valence-corrected chi connectivity index (χ4v) is 2.51. The largest absolute Gasteiger partial charge is 0.358 e. The molecule has 2 nitrogen and oxygen atoms in total. The maximum Gasteiger partial charge on any atom is 0.0861 e. The van der Waals surface area contributed by atoms with Gasteiger partial charge in [0.25, 0.3) is 0 Å². The average Bonchev–Trinajstić information content (AvgIpc) is 2.12. The highest BCUT2D eigenvalue weighted by molar-refractivity contribution is 5.56. The summed E-state index contributed by atoms with van der Waals surface area (Å²) in [6, 6.07) is 1.11. The van der Waals surface area contributed by atoms with Crippen LogP contribution in [-0.2, 0) is 0 Å². The summed E-state index contributed by atoms with van der Waals surface area (Å²) in [6.07, 6.45) is 4.54. The predicted molar refractivity (Wildman–Crippen MR) is 87.9 cm³/mol. The fourth-order valence-electron chi connectivity index (χ4n) is 2.51. The molecule has 0 amide bonds. The highest BCUT2D eigenvalue weighted by Gasteiger charge is 2.20. The van der Waals surface area contributed by atoms with Gasteiger partial charge in [-0.15, -0.1) is 0 Å². The van der Waals surface area contributed by atoms with Crippen molar-refractivity contribution in [1.29, 1.82) is 0 Å². The highest BCUT2D eigenvalue weighted by atomic mass is 15.2. The van der Waals surface area contributed by atoms with E-state index >= 15 is 0 Å². The van der Waals surface area contributed by atoms with Crippen molar-refractivity contribution in [3.63, 3.8) is 0 Å². The van der Waals surface area contributed by atoms with Crippen molar-refractivity contribution in [2.75, 3.05) is 0 Å². The van der Waals surface area contributed by atoms with E-state index < -0.39 is 0 Å². The van der Waals surface area contributed by atoms with Gasteiger partial charge in [0.1, 0.15) is 0 Å². The quantitative estimate of drug-likeness (QED) is 0.469. The van der Waals surface area contributed by atoms with Gasteiger partial charge in [0.15, 0.2) is 0 Å². The Balaban J connectivity index is 4.86. The summed E-state index contributed by atoms with van der Waals surface area (Å²) in [4.78, 5) is 7.18. The maximum atomic E-state index is 4.71. The van der Waals surface area contributed by atoms with Crippen LogP contribution in [0.2, 0.25) is 0 Å². The van der Waals surface area contributed by atoms with Gasteiger partial charge in [-0.1, -0.05) is 27.7 Å². The van der Waals surface area contributed by atoms with Crippen molar-refractivity contribution < 1.29 is 0 Å². The second kappa shape index (κ2) is 7.91. The third kappa shape index (κ3) is 9.07. The van der Waals surface area contributed by atoms with E-state index in [0.717, 1.165) is 11.8 Å². The van der Waals surface area contributed by atoms with E-state index in [9.17, 15) is 0 Å². The molecule has 0 aromatic rings. The van der Waals surface area contributed by atoms with Gasteiger partial charge < -0.3 is 4.90 Å². The Bertz CT molecular complexity index is 245. The summed E-state index contributed by atoms with van der Waals surface area (Å²) in [7, 11) is 0. The molecule has 114 valence electrons.